The van der Waals surface area contributed by atoms with E-state index in [2.05, 4.69) is 17.1 Å². The second-order valence-electron chi connectivity index (χ2n) is 4.76. The van der Waals surface area contributed by atoms with E-state index < -0.39 is 0 Å². The van der Waals surface area contributed by atoms with E-state index in [9.17, 15) is 4.79 Å². The minimum atomic E-state index is 0.274. The molecule has 0 unspecified atom stereocenters. The zero-order chi connectivity index (χ0) is 11.8. The molecule has 1 amide bonds. The summed E-state index contributed by atoms with van der Waals surface area (Å²) in [6, 6.07) is 0.503. The molecular formula is C13H26N2O. The fraction of sp³-hybridized carbons (Fsp3) is 0.923. The van der Waals surface area contributed by atoms with Crippen LogP contribution in [0.25, 0.3) is 0 Å². The Morgan fingerprint density at radius 3 is 2.38 bits per heavy atom. The number of nitrogens with one attached hydrogen (secondary N) is 1. The van der Waals surface area contributed by atoms with Crippen molar-refractivity contribution < 1.29 is 4.79 Å². The Morgan fingerprint density at radius 2 is 1.88 bits per heavy atom. The van der Waals surface area contributed by atoms with E-state index in [1.807, 2.05) is 7.05 Å². The van der Waals surface area contributed by atoms with Crippen LogP contribution < -0.4 is 5.32 Å². The predicted molar refractivity (Wildman–Crippen MR) is 67.4 cm³/mol. The fourth-order valence-electron chi connectivity index (χ4n) is 2.57. The van der Waals surface area contributed by atoms with E-state index in [1.165, 1.54) is 38.5 Å². The van der Waals surface area contributed by atoms with E-state index in [1.54, 1.807) is 0 Å². The van der Waals surface area contributed by atoms with Crippen molar-refractivity contribution >= 4 is 5.91 Å². The lowest BCUT2D eigenvalue weighted by Gasteiger charge is -2.31. The van der Waals surface area contributed by atoms with E-state index in [-0.39, 0.29) is 5.91 Å². The maximum Gasteiger partial charge on any atom is 0.236 e. The van der Waals surface area contributed by atoms with Crippen molar-refractivity contribution in [2.24, 2.45) is 0 Å². The summed E-state index contributed by atoms with van der Waals surface area (Å²) < 4.78 is 0. The Bertz CT molecular complexity index is 198. The van der Waals surface area contributed by atoms with Gasteiger partial charge in [-0.25, -0.2) is 0 Å². The standard InChI is InChI=1S/C13H26N2O/c1-3-10-15(13(16)11-14-2)12-8-6-4-5-7-9-12/h12,14H,3-11H2,1-2H3. The van der Waals surface area contributed by atoms with Gasteiger partial charge in [0.05, 0.1) is 6.54 Å². The molecule has 3 nitrogen and oxygen atoms in total. The summed E-state index contributed by atoms with van der Waals surface area (Å²) in [5, 5.41) is 2.97. The van der Waals surface area contributed by atoms with Crippen molar-refractivity contribution in [3.8, 4) is 0 Å². The Balaban J connectivity index is 2.55. The van der Waals surface area contributed by atoms with Crippen molar-refractivity contribution in [3.05, 3.63) is 0 Å². The monoisotopic (exact) mass is 226 g/mol. The molecule has 0 spiro atoms. The van der Waals surface area contributed by atoms with E-state index in [4.69, 9.17) is 0 Å². The maximum atomic E-state index is 12.0. The van der Waals surface area contributed by atoms with Crippen LogP contribution in [-0.4, -0.2) is 37.0 Å². The third kappa shape index (κ3) is 4.12. The van der Waals surface area contributed by atoms with Crippen LogP contribution in [0.4, 0.5) is 0 Å². The molecule has 0 radical (unpaired) electrons. The lowest BCUT2D eigenvalue weighted by molar-refractivity contribution is -0.132. The van der Waals surface area contributed by atoms with Crippen LogP contribution in [-0.2, 0) is 4.79 Å². The molecule has 0 aromatic rings. The number of rotatable bonds is 5. The average Bonchev–Trinajstić information content (AvgIpc) is 2.54. The normalized spacial score (nSPS) is 18.1. The molecule has 0 saturated heterocycles. The van der Waals surface area contributed by atoms with Gasteiger partial charge in [-0.05, 0) is 26.3 Å². The number of carbonyl (C=O) groups is 1. The number of likely N-dealkylation sites (N-methyl/N-ethyl adjacent to an activating group) is 1. The lowest BCUT2D eigenvalue weighted by Crippen LogP contribution is -2.44. The van der Waals surface area contributed by atoms with Crippen molar-refractivity contribution in [2.45, 2.75) is 57.9 Å². The van der Waals surface area contributed by atoms with Crippen molar-refractivity contribution in [3.63, 3.8) is 0 Å². The highest BCUT2D eigenvalue weighted by Crippen LogP contribution is 2.22. The highest BCUT2D eigenvalue weighted by atomic mass is 16.2. The number of hydrogen-bond acceptors (Lipinski definition) is 2. The largest absolute Gasteiger partial charge is 0.339 e. The minimum Gasteiger partial charge on any atom is -0.339 e. The van der Waals surface area contributed by atoms with Gasteiger partial charge in [-0.2, -0.15) is 0 Å². The summed E-state index contributed by atoms with van der Waals surface area (Å²) in [5.74, 6) is 0.274. The first-order valence-electron chi connectivity index (χ1n) is 6.73. The van der Waals surface area contributed by atoms with Crippen LogP contribution in [0, 0.1) is 0 Å². The van der Waals surface area contributed by atoms with Gasteiger partial charge >= 0.3 is 0 Å². The predicted octanol–water partition coefficient (Wildman–Crippen LogP) is 2.17. The molecule has 16 heavy (non-hydrogen) atoms. The molecule has 94 valence electrons. The first-order chi connectivity index (χ1) is 7.79. The van der Waals surface area contributed by atoms with Crippen molar-refractivity contribution in [1.29, 1.82) is 0 Å². The second kappa shape index (κ2) is 7.66. The zero-order valence-corrected chi connectivity index (χ0v) is 10.8. The molecule has 1 saturated carbocycles. The molecule has 1 aliphatic rings. The van der Waals surface area contributed by atoms with Gasteiger partial charge < -0.3 is 10.2 Å². The average molecular weight is 226 g/mol. The summed E-state index contributed by atoms with van der Waals surface area (Å²) in [5.41, 5.74) is 0. The minimum absolute atomic E-state index is 0.274. The number of carbonyl (C=O) groups excluding carboxylic acids is 1. The topological polar surface area (TPSA) is 32.3 Å². The second-order valence-corrected chi connectivity index (χ2v) is 4.76. The van der Waals surface area contributed by atoms with Crippen LogP contribution in [0.15, 0.2) is 0 Å². The quantitative estimate of drug-likeness (QED) is 0.729. The maximum absolute atomic E-state index is 12.0. The smallest absolute Gasteiger partial charge is 0.236 e. The summed E-state index contributed by atoms with van der Waals surface area (Å²) in [6.07, 6.45) is 8.74. The first-order valence-corrected chi connectivity index (χ1v) is 6.73. The van der Waals surface area contributed by atoms with Crippen LogP contribution in [0.5, 0.6) is 0 Å². The van der Waals surface area contributed by atoms with Gasteiger partial charge in [0.2, 0.25) is 5.91 Å². The molecule has 1 N–H and O–H groups in total. The SMILES string of the molecule is CCCN(C(=O)CNC)C1CCCCCC1. The lowest BCUT2D eigenvalue weighted by atomic mass is 10.1. The van der Waals surface area contributed by atoms with Gasteiger partial charge in [-0.3, -0.25) is 4.79 Å². The number of hydrogen-bond donors (Lipinski definition) is 1. The third-order valence-electron chi connectivity index (χ3n) is 3.38. The summed E-state index contributed by atoms with van der Waals surface area (Å²) in [7, 11) is 1.84. The molecule has 0 aromatic carbocycles. The van der Waals surface area contributed by atoms with Gasteiger partial charge in [0.15, 0.2) is 0 Å². The third-order valence-corrected chi connectivity index (χ3v) is 3.38. The van der Waals surface area contributed by atoms with Crippen LogP contribution in [0.3, 0.4) is 0 Å². The first kappa shape index (κ1) is 13.5. The molecule has 1 aliphatic carbocycles. The highest BCUT2D eigenvalue weighted by Gasteiger charge is 2.22. The summed E-state index contributed by atoms with van der Waals surface area (Å²) in [6.45, 7) is 3.55. The number of nitrogens with zero attached hydrogens (tertiary/aromatic N) is 1. The summed E-state index contributed by atoms with van der Waals surface area (Å²) >= 11 is 0. The highest BCUT2D eigenvalue weighted by molar-refractivity contribution is 5.78. The van der Waals surface area contributed by atoms with Crippen LogP contribution in [0.1, 0.15) is 51.9 Å². The van der Waals surface area contributed by atoms with Gasteiger partial charge in [0.25, 0.3) is 0 Å². The Kier molecular flexibility index (Phi) is 6.46. The van der Waals surface area contributed by atoms with E-state index in [0.29, 0.717) is 12.6 Å². The fourth-order valence-corrected chi connectivity index (χ4v) is 2.57. The molecule has 0 bridgehead atoms. The molecule has 0 aliphatic heterocycles. The molecular weight excluding hydrogens is 200 g/mol. The van der Waals surface area contributed by atoms with Crippen LogP contribution in [0.2, 0.25) is 0 Å². The van der Waals surface area contributed by atoms with Crippen molar-refractivity contribution in [1.82, 2.24) is 10.2 Å². The zero-order valence-electron chi connectivity index (χ0n) is 10.8. The van der Waals surface area contributed by atoms with Gasteiger partial charge in [-0.1, -0.05) is 32.6 Å². The molecule has 1 fully saturated rings. The Morgan fingerprint density at radius 1 is 1.25 bits per heavy atom. The van der Waals surface area contributed by atoms with E-state index >= 15 is 0 Å². The summed E-state index contributed by atoms with van der Waals surface area (Å²) in [4.78, 5) is 14.1. The Hall–Kier alpha value is -0.570. The number of amides is 1. The molecule has 3 heteroatoms. The van der Waals surface area contributed by atoms with Crippen molar-refractivity contribution in [2.75, 3.05) is 20.1 Å². The van der Waals surface area contributed by atoms with Gasteiger partial charge in [0.1, 0.15) is 0 Å². The van der Waals surface area contributed by atoms with Gasteiger partial charge in [0, 0.05) is 12.6 Å². The van der Waals surface area contributed by atoms with E-state index in [0.717, 1.165) is 13.0 Å². The van der Waals surface area contributed by atoms with Crippen LogP contribution >= 0.6 is 0 Å². The molecule has 1 rings (SSSR count). The Labute approximate surface area is 99.6 Å². The molecule has 0 heterocycles. The molecule has 0 atom stereocenters. The van der Waals surface area contributed by atoms with Gasteiger partial charge in [-0.15, -0.1) is 0 Å². The molecule has 0 aromatic heterocycles.